The minimum Gasteiger partial charge on any atom is -0.466 e. The zero-order chi connectivity index (χ0) is 62.3. The Morgan fingerprint density at radius 3 is 1.17 bits per heavy atom. The van der Waals surface area contributed by atoms with Crippen molar-refractivity contribution in [2.24, 2.45) is 0 Å². The summed E-state index contributed by atoms with van der Waals surface area (Å²) in [6.45, 7) is 4.32. The van der Waals surface area contributed by atoms with Crippen molar-refractivity contribution in [3.8, 4) is 0 Å². The molecule has 11 heteroatoms. The van der Waals surface area contributed by atoms with Gasteiger partial charge in [-0.1, -0.05) is 320 Å². The maximum Gasteiger partial charge on any atom is 0.305 e. The second-order valence-corrected chi connectivity index (χ2v) is 26.0. The van der Waals surface area contributed by atoms with Crippen LogP contribution in [0.15, 0.2) is 36.5 Å². The minimum atomic E-state index is -1.57. The molecule has 0 aromatic heterocycles. The summed E-state index contributed by atoms with van der Waals surface area (Å²) in [6.07, 6.45) is 73.2. The summed E-state index contributed by atoms with van der Waals surface area (Å²) in [7, 11) is 0. The number of esters is 1. The first kappa shape index (κ1) is 81.9. The number of ether oxygens (including phenoxy) is 3. The van der Waals surface area contributed by atoms with Crippen molar-refractivity contribution in [2.45, 2.75) is 410 Å². The van der Waals surface area contributed by atoms with Crippen molar-refractivity contribution in [1.29, 1.82) is 0 Å². The second-order valence-electron chi connectivity index (χ2n) is 26.0. The summed E-state index contributed by atoms with van der Waals surface area (Å²) >= 11 is 0. The minimum absolute atomic E-state index is 0.0138. The number of hydrogen-bond donors (Lipinski definition) is 6. The van der Waals surface area contributed by atoms with E-state index in [2.05, 4.69) is 43.5 Å². The van der Waals surface area contributed by atoms with E-state index in [1.165, 1.54) is 289 Å². The summed E-state index contributed by atoms with van der Waals surface area (Å²) in [5.41, 5.74) is 0. The lowest BCUT2D eigenvalue weighted by molar-refractivity contribution is -0.302. The van der Waals surface area contributed by atoms with Crippen LogP contribution in [0.25, 0.3) is 0 Å². The molecule has 506 valence electrons. The van der Waals surface area contributed by atoms with Gasteiger partial charge in [0.05, 0.1) is 32.0 Å². The van der Waals surface area contributed by atoms with Crippen LogP contribution < -0.4 is 5.32 Å². The normalized spacial score (nSPS) is 18.1. The van der Waals surface area contributed by atoms with Crippen LogP contribution in [0.2, 0.25) is 0 Å². The first-order chi connectivity index (χ1) is 42.2. The van der Waals surface area contributed by atoms with Crippen LogP contribution in [-0.4, -0.2) is 100 Å². The van der Waals surface area contributed by atoms with Gasteiger partial charge in [0.2, 0.25) is 5.91 Å². The van der Waals surface area contributed by atoms with Gasteiger partial charge in [-0.2, -0.15) is 0 Å². The van der Waals surface area contributed by atoms with Crippen molar-refractivity contribution in [3.05, 3.63) is 36.5 Å². The molecule has 0 radical (unpaired) electrons. The van der Waals surface area contributed by atoms with Gasteiger partial charge < -0.3 is 45.1 Å². The molecule has 1 aliphatic heterocycles. The number of rotatable bonds is 66. The number of nitrogens with one attached hydrogen (secondary N) is 1. The van der Waals surface area contributed by atoms with Crippen LogP contribution in [-0.2, 0) is 23.8 Å². The Morgan fingerprint density at radius 1 is 0.419 bits per heavy atom. The van der Waals surface area contributed by atoms with Crippen LogP contribution in [0.4, 0.5) is 0 Å². The number of carbonyl (C=O) groups excluding carboxylic acids is 2. The molecule has 0 aromatic rings. The smallest absolute Gasteiger partial charge is 0.305 e. The van der Waals surface area contributed by atoms with Gasteiger partial charge in [0, 0.05) is 12.8 Å². The maximum atomic E-state index is 13.0. The van der Waals surface area contributed by atoms with Crippen molar-refractivity contribution in [1.82, 2.24) is 5.32 Å². The predicted molar refractivity (Wildman–Crippen MR) is 361 cm³/mol. The van der Waals surface area contributed by atoms with Crippen LogP contribution in [0.5, 0.6) is 0 Å². The average molecular weight is 1220 g/mol. The molecular formula is C75H141NO10. The average Bonchev–Trinajstić information content (AvgIpc) is 3.48. The third-order valence-corrected chi connectivity index (χ3v) is 17.7. The number of amides is 1. The Labute approximate surface area is 530 Å². The molecule has 1 amide bonds. The first-order valence-corrected chi connectivity index (χ1v) is 37.3. The summed E-state index contributed by atoms with van der Waals surface area (Å²) in [6, 6.07) is -0.825. The topological polar surface area (TPSA) is 175 Å². The predicted octanol–water partition coefficient (Wildman–Crippen LogP) is 19.4. The van der Waals surface area contributed by atoms with Crippen LogP contribution in [0.3, 0.4) is 0 Å². The molecule has 0 spiro atoms. The number of aliphatic hydroxyl groups excluding tert-OH is 5. The van der Waals surface area contributed by atoms with E-state index in [9.17, 15) is 35.1 Å². The molecule has 1 saturated heterocycles. The molecule has 7 unspecified atom stereocenters. The first-order valence-electron chi connectivity index (χ1n) is 37.3. The van der Waals surface area contributed by atoms with Gasteiger partial charge >= 0.3 is 5.97 Å². The van der Waals surface area contributed by atoms with Gasteiger partial charge in [0.1, 0.15) is 24.4 Å². The monoisotopic (exact) mass is 1220 g/mol. The number of unbranched alkanes of at least 4 members (excludes halogenated alkanes) is 48. The van der Waals surface area contributed by atoms with Crippen molar-refractivity contribution in [3.63, 3.8) is 0 Å². The molecule has 1 aliphatic rings. The van der Waals surface area contributed by atoms with E-state index in [0.717, 1.165) is 51.4 Å². The number of hydrogen-bond acceptors (Lipinski definition) is 10. The molecule has 0 bridgehead atoms. The van der Waals surface area contributed by atoms with Crippen LogP contribution in [0, 0.1) is 0 Å². The zero-order valence-corrected chi connectivity index (χ0v) is 56.3. The Morgan fingerprint density at radius 2 is 0.756 bits per heavy atom. The van der Waals surface area contributed by atoms with E-state index >= 15 is 0 Å². The van der Waals surface area contributed by atoms with Crippen LogP contribution >= 0.6 is 0 Å². The molecule has 1 fully saturated rings. The number of carbonyl (C=O) groups is 2. The second kappa shape index (κ2) is 64.4. The Hall–Kier alpha value is -2.12. The fraction of sp³-hybridized carbons (Fsp3) is 0.893. The molecule has 11 nitrogen and oxygen atoms in total. The Balaban J connectivity index is 1.88. The highest BCUT2D eigenvalue weighted by Gasteiger charge is 2.44. The van der Waals surface area contributed by atoms with Gasteiger partial charge in [-0.3, -0.25) is 9.59 Å². The zero-order valence-electron chi connectivity index (χ0n) is 56.3. The fourth-order valence-corrected chi connectivity index (χ4v) is 11.9. The molecule has 0 aliphatic carbocycles. The van der Waals surface area contributed by atoms with Crippen molar-refractivity contribution in [2.75, 3.05) is 19.8 Å². The molecule has 0 aromatic carbocycles. The van der Waals surface area contributed by atoms with Gasteiger partial charge in [0.15, 0.2) is 6.29 Å². The summed E-state index contributed by atoms with van der Waals surface area (Å²) in [4.78, 5) is 25.1. The SMILES string of the molecule is CCCCC/C=C/CC/C=C/C(O)C(COC1OC(CO)C(O)C(O)C1O)NC(=O)CCCCCCCCCCCCCCCC/C=C\CCCCCCCCCCCCCCOC(=O)CCCCCCCCCCCCCCCCCCCCC. The lowest BCUT2D eigenvalue weighted by Gasteiger charge is -2.40. The van der Waals surface area contributed by atoms with E-state index < -0.39 is 49.5 Å². The summed E-state index contributed by atoms with van der Waals surface area (Å²) in [5, 5.41) is 54.3. The van der Waals surface area contributed by atoms with E-state index in [1.54, 1.807) is 6.08 Å². The third kappa shape index (κ3) is 52.6. The van der Waals surface area contributed by atoms with Crippen molar-refractivity contribution >= 4 is 11.9 Å². The maximum absolute atomic E-state index is 13.0. The highest BCUT2D eigenvalue weighted by molar-refractivity contribution is 5.76. The van der Waals surface area contributed by atoms with Gasteiger partial charge in [0.25, 0.3) is 0 Å². The molecule has 6 N–H and O–H groups in total. The van der Waals surface area contributed by atoms with E-state index in [0.29, 0.717) is 19.4 Å². The third-order valence-electron chi connectivity index (χ3n) is 17.7. The fourth-order valence-electron chi connectivity index (χ4n) is 11.9. The quantitative estimate of drug-likeness (QED) is 0.0195. The lowest BCUT2D eigenvalue weighted by atomic mass is 9.99. The molecule has 7 atom stereocenters. The number of aliphatic hydroxyl groups is 5. The van der Waals surface area contributed by atoms with Crippen molar-refractivity contribution < 1.29 is 49.3 Å². The van der Waals surface area contributed by atoms with E-state index in [4.69, 9.17) is 14.2 Å². The molecule has 1 rings (SSSR count). The summed E-state index contributed by atoms with van der Waals surface area (Å²) < 4.78 is 16.7. The Bertz CT molecular complexity index is 1520. The highest BCUT2D eigenvalue weighted by atomic mass is 16.7. The Kier molecular flexibility index (Phi) is 61.3. The lowest BCUT2D eigenvalue weighted by Crippen LogP contribution is -2.60. The molecule has 86 heavy (non-hydrogen) atoms. The largest absolute Gasteiger partial charge is 0.466 e. The molecule has 0 saturated carbocycles. The van der Waals surface area contributed by atoms with E-state index in [-0.39, 0.29) is 18.5 Å². The van der Waals surface area contributed by atoms with Crippen LogP contribution in [0.1, 0.15) is 367 Å². The van der Waals surface area contributed by atoms with Gasteiger partial charge in [-0.05, 0) is 70.6 Å². The molecule has 1 heterocycles. The summed E-state index contributed by atoms with van der Waals surface area (Å²) in [5.74, 6) is -0.178. The molecular weight excluding hydrogens is 1070 g/mol. The van der Waals surface area contributed by atoms with Gasteiger partial charge in [-0.15, -0.1) is 0 Å². The standard InChI is InChI=1S/C75H141NO10/c1-3-5-7-9-11-13-14-15-16-17-30-34-37-40-43-47-51-55-59-63-71(80)84-64-60-56-52-48-44-41-38-35-32-29-27-25-23-21-19-18-20-22-24-26-28-31-33-36-39-42-46-50-54-58-62-70(79)76-67(68(78)61-57-53-49-45-12-10-8-6-4-2)66-85-75-74(83)73(82)72(81)69(65-77)86-75/h12,19,21,45,57,61,67-69,72-75,77-78,81-83H,3-11,13-18,20,22-44,46-56,58-60,62-66H2,1-2H3,(H,76,79)/b21-19-,45-12+,61-57+. The highest BCUT2D eigenvalue weighted by Crippen LogP contribution is 2.23. The van der Waals surface area contributed by atoms with Gasteiger partial charge in [-0.25, -0.2) is 0 Å². The van der Waals surface area contributed by atoms with E-state index in [1.807, 2.05) is 6.08 Å². The number of allylic oxidation sites excluding steroid dienone is 5.